The van der Waals surface area contributed by atoms with Crippen molar-refractivity contribution in [3.8, 4) is 0 Å². The summed E-state index contributed by atoms with van der Waals surface area (Å²) in [6, 6.07) is 4.90. The van der Waals surface area contributed by atoms with Gasteiger partial charge in [0.2, 0.25) is 15.9 Å². The normalized spacial score (nSPS) is 17.5. The molecule has 7 heteroatoms. The number of aryl methyl sites for hydroxylation is 1. The fourth-order valence-electron chi connectivity index (χ4n) is 2.61. The van der Waals surface area contributed by atoms with Crippen LogP contribution < -0.4 is 0 Å². The zero-order valence-electron chi connectivity index (χ0n) is 13.0. The lowest BCUT2D eigenvalue weighted by molar-refractivity contribution is -0.130. The molecule has 1 heterocycles. The molecule has 0 bridgehead atoms. The zero-order valence-corrected chi connectivity index (χ0v) is 14.6. The molecule has 0 atom stereocenters. The molecule has 122 valence electrons. The van der Waals surface area contributed by atoms with E-state index in [0.717, 1.165) is 5.56 Å². The Hall–Kier alpha value is -1.11. The van der Waals surface area contributed by atoms with Crippen LogP contribution in [0.4, 0.5) is 0 Å². The Kier molecular flexibility index (Phi) is 5.14. The van der Waals surface area contributed by atoms with Gasteiger partial charge in [-0.25, -0.2) is 8.42 Å². The Bertz CT molecular complexity index is 667. The molecule has 0 spiro atoms. The molecule has 1 saturated heterocycles. The number of nitrogens with zero attached hydrogens (tertiary/aromatic N) is 2. The Morgan fingerprint density at radius 2 is 1.91 bits per heavy atom. The first-order valence-electron chi connectivity index (χ1n) is 7.23. The Morgan fingerprint density at radius 1 is 1.32 bits per heavy atom. The molecule has 0 unspecified atom stereocenters. The molecule has 0 N–H and O–H groups in total. The fraction of sp³-hybridized carbons (Fsp3) is 0.533. The van der Waals surface area contributed by atoms with Gasteiger partial charge in [0.1, 0.15) is 0 Å². The van der Waals surface area contributed by atoms with E-state index in [4.69, 9.17) is 11.6 Å². The molecule has 1 fully saturated rings. The fourth-order valence-corrected chi connectivity index (χ4v) is 4.35. The maximum atomic E-state index is 12.6. The number of carbonyl (C=O) groups is 1. The predicted molar refractivity (Wildman–Crippen MR) is 86.4 cm³/mol. The van der Waals surface area contributed by atoms with E-state index >= 15 is 0 Å². The van der Waals surface area contributed by atoms with Crippen LogP contribution >= 0.6 is 11.6 Å². The standard InChI is InChI=1S/C15H21ClN2O3S/c1-11-4-5-14(10-15(11)16)22(20,21)18-8-6-13(7-9-18)17(3)12(2)19/h4-5,10,13H,6-9H2,1-3H3. The molecule has 0 aromatic heterocycles. The number of halogens is 1. The van der Waals surface area contributed by atoms with E-state index in [1.807, 2.05) is 6.92 Å². The van der Waals surface area contributed by atoms with Crippen molar-refractivity contribution in [2.45, 2.75) is 37.6 Å². The quantitative estimate of drug-likeness (QED) is 0.845. The molecule has 1 aliphatic heterocycles. The van der Waals surface area contributed by atoms with Crippen molar-refractivity contribution in [1.82, 2.24) is 9.21 Å². The summed E-state index contributed by atoms with van der Waals surface area (Å²) in [6.07, 6.45) is 1.30. The van der Waals surface area contributed by atoms with Crippen molar-refractivity contribution >= 4 is 27.5 Å². The van der Waals surface area contributed by atoms with Gasteiger partial charge in [0.25, 0.3) is 0 Å². The van der Waals surface area contributed by atoms with Gasteiger partial charge in [-0.15, -0.1) is 0 Å². The van der Waals surface area contributed by atoms with Gasteiger partial charge in [0.05, 0.1) is 4.90 Å². The van der Waals surface area contributed by atoms with Crippen LogP contribution in [0.3, 0.4) is 0 Å². The second-order valence-corrected chi connectivity index (χ2v) is 8.02. The number of hydrogen-bond donors (Lipinski definition) is 0. The van der Waals surface area contributed by atoms with Gasteiger partial charge in [0.15, 0.2) is 0 Å². The number of rotatable bonds is 3. The van der Waals surface area contributed by atoms with Crippen LogP contribution in [0, 0.1) is 6.92 Å². The first kappa shape index (κ1) is 17.2. The van der Waals surface area contributed by atoms with Crippen LogP contribution in [0.25, 0.3) is 0 Å². The molecule has 22 heavy (non-hydrogen) atoms. The van der Waals surface area contributed by atoms with E-state index in [2.05, 4.69) is 0 Å². The third kappa shape index (κ3) is 3.45. The highest BCUT2D eigenvalue weighted by atomic mass is 35.5. The molecule has 1 amide bonds. The Morgan fingerprint density at radius 3 is 2.41 bits per heavy atom. The van der Waals surface area contributed by atoms with E-state index in [0.29, 0.717) is 31.0 Å². The number of piperidine rings is 1. The average Bonchev–Trinajstić information content (AvgIpc) is 2.49. The molecule has 2 rings (SSSR count). The van der Waals surface area contributed by atoms with Gasteiger partial charge in [-0.1, -0.05) is 17.7 Å². The maximum Gasteiger partial charge on any atom is 0.243 e. The van der Waals surface area contributed by atoms with Gasteiger partial charge in [-0.2, -0.15) is 4.31 Å². The molecule has 0 saturated carbocycles. The zero-order chi connectivity index (χ0) is 16.5. The summed E-state index contributed by atoms with van der Waals surface area (Å²) >= 11 is 6.03. The second-order valence-electron chi connectivity index (χ2n) is 5.68. The summed E-state index contributed by atoms with van der Waals surface area (Å²) in [4.78, 5) is 13.3. The van der Waals surface area contributed by atoms with Gasteiger partial charge in [-0.3, -0.25) is 4.79 Å². The van der Waals surface area contributed by atoms with Crippen molar-refractivity contribution in [3.63, 3.8) is 0 Å². The molecule has 5 nitrogen and oxygen atoms in total. The number of amides is 1. The van der Waals surface area contributed by atoms with Gasteiger partial charge >= 0.3 is 0 Å². The molecule has 0 aliphatic carbocycles. The lowest BCUT2D eigenvalue weighted by Gasteiger charge is -2.35. The molecule has 1 aliphatic rings. The van der Waals surface area contributed by atoms with Crippen molar-refractivity contribution in [2.75, 3.05) is 20.1 Å². The van der Waals surface area contributed by atoms with E-state index < -0.39 is 10.0 Å². The summed E-state index contributed by atoms with van der Waals surface area (Å²) in [5.41, 5.74) is 0.849. The van der Waals surface area contributed by atoms with Crippen LogP contribution in [0.5, 0.6) is 0 Å². The first-order chi connectivity index (χ1) is 10.2. The molecule has 0 radical (unpaired) electrons. The highest BCUT2D eigenvalue weighted by molar-refractivity contribution is 7.89. The Labute approximate surface area is 136 Å². The summed E-state index contributed by atoms with van der Waals surface area (Å²) in [5, 5.41) is 0.451. The number of hydrogen-bond acceptors (Lipinski definition) is 3. The van der Waals surface area contributed by atoms with Crippen molar-refractivity contribution in [3.05, 3.63) is 28.8 Å². The topological polar surface area (TPSA) is 57.7 Å². The third-order valence-corrected chi connectivity index (χ3v) is 6.55. The second kappa shape index (κ2) is 6.56. The predicted octanol–water partition coefficient (Wildman–Crippen LogP) is 2.28. The van der Waals surface area contributed by atoms with Crippen LogP contribution in [-0.2, 0) is 14.8 Å². The minimum atomic E-state index is -3.53. The largest absolute Gasteiger partial charge is 0.343 e. The van der Waals surface area contributed by atoms with E-state index in [-0.39, 0.29) is 16.8 Å². The van der Waals surface area contributed by atoms with E-state index in [1.165, 1.54) is 17.3 Å². The summed E-state index contributed by atoms with van der Waals surface area (Å²) < 4.78 is 26.8. The summed E-state index contributed by atoms with van der Waals surface area (Å²) in [6.45, 7) is 4.19. The SMILES string of the molecule is CC(=O)N(C)C1CCN(S(=O)(=O)c2ccc(C)c(Cl)c2)CC1. The average molecular weight is 345 g/mol. The van der Waals surface area contributed by atoms with Gasteiger partial charge in [0, 0.05) is 38.1 Å². The Balaban J connectivity index is 2.12. The lowest BCUT2D eigenvalue weighted by atomic mass is 10.1. The number of carbonyl (C=O) groups excluding carboxylic acids is 1. The highest BCUT2D eigenvalue weighted by Crippen LogP contribution is 2.26. The van der Waals surface area contributed by atoms with E-state index in [9.17, 15) is 13.2 Å². The third-order valence-electron chi connectivity index (χ3n) is 4.25. The minimum absolute atomic E-state index is 0.00613. The minimum Gasteiger partial charge on any atom is -0.343 e. The summed E-state index contributed by atoms with van der Waals surface area (Å²) in [5.74, 6) is 0.00613. The number of benzene rings is 1. The summed E-state index contributed by atoms with van der Waals surface area (Å²) in [7, 11) is -1.76. The van der Waals surface area contributed by atoms with Crippen LogP contribution in [0.15, 0.2) is 23.1 Å². The van der Waals surface area contributed by atoms with Crippen molar-refractivity contribution in [2.24, 2.45) is 0 Å². The number of sulfonamides is 1. The van der Waals surface area contributed by atoms with E-state index in [1.54, 1.807) is 24.1 Å². The monoisotopic (exact) mass is 344 g/mol. The van der Waals surface area contributed by atoms with Gasteiger partial charge < -0.3 is 4.90 Å². The first-order valence-corrected chi connectivity index (χ1v) is 9.05. The highest BCUT2D eigenvalue weighted by Gasteiger charge is 2.31. The molecule has 1 aromatic carbocycles. The van der Waals surface area contributed by atoms with Crippen molar-refractivity contribution < 1.29 is 13.2 Å². The van der Waals surface area contributed by atoms with Gasteiger partial charge in [-0.05, 0) is 37.5 Å². The van der Waals surface area contributed by atoms with Crippen LogP contribution in [0.2, 0.25) is 5.02 Å². The lowest BCUT2D eigenvalue weighted by Crippen LogP contribution is -2.46. The van der Waals surface area contributed by atoms with Crippen LogP contribution in [0.1, 0.15) is 25.3 Å². The van der Waals surface area contributed by atoms with Crippen molar-refractivity contribution in [1.29, 1.82) is 0 Å². The van der Waals surface area contributed by atoms with Crippen LogP contribution in [-0.4, -0.2) is 49.7 Å². The maximum absolute atomic E-state index is 12.6. The molecular weight excluding hydrogens is 324 g/mol. The molecule has 1 aromatic rings. The smallest absolute Gasteiger partial charge is 0.243 e. The molecular formula is C15H21ClN2O3S.